The molecule has 0 fully saturated rings. The minimum atomic E-state index is 0.0415. The molecule has 1 rings (SSSR count). The summed E-state index contributed by atoms with van der Waals surface area (Å²) in [5.41, 5.74) is 7.06. The average Bonchev–Trinajstić information content (AvgIpc) is 2.22. The Kier molecular flexibility index (Phi) is 4.80. The molecule has 1 amide bonds. The van der Waals surface area contributed by atoms with Gasteiger partial charge in [-0.15, -0.1) is 0 Å². The Balaban J connectivity index is 2.63. The summed E-state index contributed by atoms with van der Waals surface area (Å²) in [6.45, 7) is 4.15. The Morgan fingerprint density at radius 1 is 1.56 bits per heavy atom. The number of nitrogen functional groups attached to an aromatic ring is 1. The maximum absolute atomic E-state index is 11.7. The number of anilines is 2. The fraction of sp³-hybridized carbons (Fsp3) is 0.417. The molecule has 0 saturated carbocycles. The summed E-state index contributed by atoms with van der Waals surface area (Å²) in [7, 11) is 0. The molecule has 0 spiro atoms. The number of amides is 1. The molecule has 0 radical (unpaired) electrons. The van der Waals surface area contributed by atoms with Crippen molar-refractivity contribution >= 4 is 33.2 Å². The van der Waals surface area contributed by atoms with Crippen molar-refractivity contribution in [1.82, 2.24) is 0 Å². The van der Waals surface area contributed by atoms with E-state index >= 15 is 0 Å². The normalized spacial score (nSPS) is 12.2. The van der Waals surface area contributed by atoms with Gasteiger partial charge in [0.15, 0.2) is 0 Å². The number of benzene rings is 1. The molecule has 1 aromatic carbocycles. The summed E-state index contributed by atoms with van der Waals surface area (Å²) in [5, 5.41) is 2.86. The first-order valence-corrected chi connectivity index (χ1v) is 6.17. The molecular weight excluding hydrogens is 268 g/mol. The lowest BCUT2D eigenvalue weighted by molar-refractivity contribution is -0.117. The van der Waals surface area contributed by atoms with Gasteiger partial charge < -0.3 is 11.1 Å². The molecule has 0 saturated heterocycles. The van der Waals surface area contributed by atoms with Crippen molar-refractivity contribution in [2.75, 3.05) is 11.1 Å². The maximum atomic E-state index is 11.7. The molecule has 16 heavy (non-hydrogen) atoms. The lowest BCUT2D eigenvalue weighted by atomic mass is 10.1. The first-order chi connectivity index (χ1) is 7.52. The molecular formula is C12H17BrN2O. The van der Waals surface area contributed by atoms with Crippen LogP contribution in [-0.2, 0) is 4.79 Å². The van der Waals surface area contributed by atoms with E-state index in [9.17, 15) is 4.79 Å². The fourth-order valence-corrected chi connectivity index (χ4v) is 1.79. The lowest BCUT2D eigenvalue weighted by Crippen LogP contribution is -2.15. The molecule has 3 N–H and O–H groups in total. The first-order valence-electron chi connectivity index (χ1n) is 5.37. The van der Waals surface area contributed by atoms with Gasteiger partial charge in [0.1, 0.15) is 0 Å². The van der Waals surface area contributed by atoms with Gasteiger partial charge in [0.2, 0.25) is 5.91 Å². The summed E-state index contributed by atoms with van der Waals surface area (Å²) < 4.78 is 0.810. The van der Waals surface area contributed by atoms with E-state index in [1.807, 2.05) is 0 Å². The van der Waals surface area contributed by atoms with Crippen LogP contribution >= 0.6 is 15.9 Å². The molecule has 88 valence electrons. The minimum Gasteiger partial charge on any atom is -0.399 e. The van der Waals surface area contributed by atoms with Gasteiger partial charge in [-0.25, -0.2) is 0 Å². The van der Waals surface area contributed by atoms with Crippen molar-refractivity contribution in [3.05, 3.63) is 22.7 Å². The molecule has 0 heterocycles. The van der Waals surface area contributed by atoms with E-state index in [0.29, 0.717) is 18.0 Å². The number of nitrogens with two attached hydrogens (primary N) is 1. The third-order valence-corrected chi connectivity index (χ3v) is 3.15. The molecule has 3 nitrogen and oxygen atoms in total. The van der Waals surface area contributed by atoms with Crippen LogP contribution in [0.2, 0.25) is 0 Å². The Bertz CT molecular complexity index is 379. The number of rotatable bonds is 4. The van der Waals surface area contributed by atoms with Crippen LogP contribution in [0.25, 0.3) is 0 Å². The highest BCUT2D eigenvalue weighted by molar-refractivity contribution is 9.10. The van der Waals surface area contributed by atoms with E-state index < -0.39 is 0 Å². The van der Waals surface area contributed by atoms with Crippen LogP contribution < -0.4 is 11.1 Å². The van der Waals surface area contributed by atoms with Crippen molar-refractivity contribution in [2.45, 2.75) is 26.7 Å². The van der Waals surface area contributed by atoms with Crippen LogP contribution in [-0.4, -0.2) is 5.91 Å². The van der Waals surface area contributed by atoms with E-state index in [0.717, 1.165) is 16.6 Å². The van der Waals surface area contributed by atoms with Gasteiger partial charge in [0.05, 0.1) is 5.69 Å². The fourth-order valence-electron chi connectivity index (χ4n) is 1.29. The number of nitrogens with one attached hydrogen (secondary N) is 1. The monoisotopic (exact) mass is 284 g/mol. The summed E-state index contributed by atoms with van der Waals surface area (Å²) in [4.78, 5) is 11.7. The number of carbonyl (C=O) groups is 1. The zero-order valence-corrected chi connectivity index (χ0v) is 11.2. The van der Waals surface area contributed by atoms with Gasteiger partial charge in [-0.05, 0) is 40.0 Å². The van der Waals surface area contributed by atoms with Crippen molar-refractivity contribution in [2.24, 2.45) is 5.92 Å². The quantitative estimate of drug-likeness (QED) is 0.833. The second-order valence-corrected chi connectivity index (χ2v) is 4.86. The molecule has 0 aliphatic rings. The van der Waals surface area contributed by atoms with Crippen LogP contribution in [0.5, 0.6) is 0 Å². The Labute approximate surface area is 105 Å². The number of hydrogen-bond acceptors (Lipinski definition) is 2. The summed E-state index contributed by atoms with van der Waals surface area (Å²) in [6.07, 6.45) is 1.56. The van der Waals surface area contributed by atoms with E-state index in [1.165, 1.54) is 0 Å². The number of hydrogen-bond donors (Lipinski definition) is 2. The van der Waals surface area contributed by atoms with Gasteiger partial charge in [0, 0.05) is 16.6 Å². The molecule has 1 atom stereocenters. The SMILES string of the molecule is CCC(C)CC(=O)Nc1ccc(N)cc1Br. The highest BCUT2D eigenvalue weighted by Crippen LogP contribution is 2.25. The molecule has 1 unspecified atom stereocenters. The minimum absolute atomic E-state index is 0.0415. The van der Waals surface area contributed by atoms with Gasteiger partial charge >= 0.3 is 0 Å². The molecule has 4 heteroatoms. The smallest absolute Gasteiger partial charge is 0.224 e. The van der Waals surface area contributed by atoms with Crippen molar-refractivity contribution < 1.29 is 4.79 Å². The van der Waals surface area contributed by atoms with Gasteiger partial charge in [-0.3, -0.25) is 4.79 Å². The second kappa shape index (κ2) is 5.89. The van der Waals surface area contributed by atoms with Crippen LogP contribution in [0, 0.1) is 5.92 Å². The Morgan fingerprint density at radius 2 is 2.25 bits per heavy atom. The van der Waals surface area contributed by atoms with Crippen LogP contribution in [0.15, 0.2) is 22.7 Å². The van der Waals surface area contributed by atoms with Gasteiger partial charge in [0.25, 0.3) is 0 Å². The third kappa shape index (κ3) is 3.85. The molecule has 0 bridgehead atoms. The standard InChI is InChI=1S/C12H17BrN2O/c1-3-8(2)6-12(16)15-11-5-4-9(14)7-10(11)13/h4-5,7-8H,3,6,14H2,1-2H3,(H,15,16). The summed E-state index contributed by atoms with van der Waals surface area (Å²) >= 11 is 3.36. The van der Waals surface area contributed by atoms with E-state index in [-0.39, 0.29) is 5.91 Å². The maximum Gasteiger partial charge on any atom is 0.224 e. The first kappa shape index (κ1) is 13.0. The van der Waals surface area contributed by atoms with E-state index in [2.05, 4.69) is 35.1 Å². The van der Waals surface area contributed by atoms with Gasteiger partial charge in [-0.1, -0.05) is 20.3 Å². The molecule has 1 aromatic rings. The Morgan fingerprint density at radius 3 is 2.81 bits per heavy atom. The van der Waals surface area contributed by atoms with Crippen LogP contribution in [0.1, 0.15) is 26.7 Å². The van der Waals surface area contributed by atoms with Crippen molar-refractivity contribution in [1.29, 1.82) is 0 Å². The molecule has 0 aromatic heterocycles. The van der Waals surface area contributed by atoms with Crippen LogP contribution in [0.4, 0.5) is 11.4 Å². The zero-order chi connectivity index (χ0) is 12.1. The van der Waals surface area contributed by atoms with Crippen molar-refractivity contribution in [3.63, 3.8) is 0 Å². The molecule has 0 aliphatic carbocycles. The average molecular weight is 285 g/mol. The zero-order valence-electron chi connectivity index (χ0n) is 9.59. The van der Waals surface area contributed by atoms with Crippen LogP contribution in [0.3, 0.4) is 0 Å². The summed E-state index contributed by atoms with van der Waals surface area (Å²) in [5.74, 6) is 0.451. The van der Waals surface area contributed by atoms with E-state index in [4.69, 9.17) is 5.73 Å². The number of carbonyl (C=O) groups excluding carboxylic acids is 1. The van der Waals surface area contributed by atoms with Gasteiger partial charge in [-0.2, -0.15) is 0 Å². The number of halogens is 1. The predicted octanol–water partition coefficient (Wildman–Crippen LogP) is 3.41. The third-order valence-electron chi connectivity index (χ3n) is 2.50. The topological polar surface area (TPSA) is 55.1 Å². The lowest BCUT2D eigenvalue weighted by Gasteiger charge is -2.10. The van der Waals surface area contributed by atoms with Crippen molar-refractivity contribution in [3.8, 4) is 0 Å². The predicted molar refractivity (Wildman–Crippen MR) is 71.3 cm³/mol. The summed E-state index contributed by atoms with van der Waals surface area (Å²) in [6, 6.07) is 5.34. The second-order valence-electron chi connectivity index (χ2n) is 4.01. The largest absolute Gasteiger partial charge is 0.399 e. The highest BCUT2D eigenvalue weighted by Gasteiger charge is 2.09. The van der Waals surface area contributed by atoms with E-state index in [1.54, 1.807) is 18.2 Å². The highest BCUT2D eigenvalue weighted by atomic mass is 79.9. The Hall–Kier alpha value is -1.03. The molecule has 0 aliphatic heterocycles.